The quantitative estimate of drug-likeness (QED) is 0.831. The maximum atomic E-state index is 12.4. The van der Waals surface area contributed by atoms with Crippen molar-refractivity contribution in [1.82, 2.24) is 5.32 Å². The van der Waals surface area contributed by atoms with Crippen molar-refractivity contribution in [3.8, 4) is 0 Å². The van der Waals surface area contributed by atoms with E-state index in [1.807, 2.05) is 45.0 Å². The SMILES string of the molecule is CC(C)CC(CO)NC(=O)C(=O)N1CC(C)c2ccccc21. The van der Waals surface area contributed by atoms with E-state index in [4.69, 9.17) is 0 Å². The van der Waals surface area contributed by atoms with E-state index in [-0.39, 0.29) is 18.6 Å². The molecule has 120 valence electrons. The van der Waals surface area contributed by atoms with Gasteiger partial charge in [-0.2, -0.15) is 0 Å². The zero-order chi connectivity index (χ0) is 16.3. The second-order valence-corrected chi connectivity index (χ2v) is 6.36. The van der Waals surface area contributed by atoms with Gasteiger partial charge in [0.1, 0.15) is 0 Å². The van der Waals surface area contributed by atoms with Gasteiger partial charge in [0, 0.05) is 18.2 Å². The third-order valence-electron chi connectivity index (χ3n) is 3.97. The van der Waals surface area contributed by atoms with Gasteiger partial charge in [-0.25, -0.2) is 0 Å². The number of hydrogen-bond donors (Lipinski definition) is 2. The number of aliphatic hydroxyl groups excluding tert-OH is 1. The molecule has 2 amide bonds. The molecule has 0 saturated heterocycles. The largest absolute Gasteiger partial charge is 0.394 e. The summed E-state index contributed by atoms with van der Waals surface area (Å²) in [4.78, 5) is 26.1. The number of para-hydroxylation sites is 1. The molecule has 5 nitrogen and oxygen atoms in total. The molecule has 2 rings (SSSR count). The van der Waals surface area contributed by atoms with E-state index in [1.54, 1.807) is 0 Å². The number of rotatable bonds is 4. The molecule has 0 bridgehead atoms. The lowest BCUT2D eigenvalue weighted by Gasteiger charge is -2.21. The van der Waals surface area contributed by atoms with Crippen LogP contribution in [0.5, 0.6) is 0 Å². The van der Waals surface area contributed by atoms with E-state index in [0.717, 1.165) is 11.3 Å². The number of carbonyl (C=O) groups is 2. The minimum absolute atomic E-state index is 0.163. The van der Waals surface area contributed by atoms with Gasteiger partial charge in [-0.1, -0.05) is 39.0 Å². The smallest absolute Gasteiger partial charge is 0.316 e. The zero-order valence-corrected chi connectivity index (χ0v) is 13.4. The summed E-state index contributed by atoms with van der Waals surface area (Å²) < 4.78 is 0. The van der Waals surface area contributed by atoms with Crippen LogP contribution in [-0.2, 0) is 9.59 Å². The Kier molecular flexibility index (Phi) is 5.19. The van der Waals surface area contributed by atoms with Gasteiger partial charge < -0.3 is 15.3 Å². The molecule has 2 atom stereocenters. The molecule has 0 spiro atoms. The first-order valence-corrected chi connectivity index (χ1v) is 7.76. The summed E-state index contributed by atoms with van der Waals surface area (Å²) in [5.41, 5.74) is 1.89. The number of amides is 2. The lowest BCUT2D eigenvalue weighted by atomic mass is 10.0. The maximum Gasteiger partial charge on any atom is 0.316 e. The van der Waals surface area contributed by atoms with E-state index in [2.05, 4.69) is 5.32 Å². The van der Waals surface area contributed by atoms with E-state index in [9.17, 15) is 14.7 Å². The number of hydrogen-bond acceptors (Lipinski definition) is 3. The summed E-state index contributed by atoms with van der Waals surface area (Å²) >= 11 is 0. The average Bonchev–Trinajstić information content (AvgIpc) is 2.83. The zero-order valence-electron chi connectivity index (χ0n) is 13.4. The van der Waals surface area contributed by atoms with Crippen molar-refractivity contribution in [2.45, 2.75) is 39.2 Å². The lowest BCUT2D eigenvalue weighted by molar-refractivity contribution is -0.138. The fourth-order valence-corrected chi connectivity index (χ4v) is 2.93. The Hall–Kier alpha value is -1.88. The fourth-order valence-electron chi connectivity index (χ4n) is 2.93. The molecular weight excluding hydrogens is 280 g/mol. The first-order valence-electron chi connectivity index (χ1n) is 7.76. The van der Waals surface area contributed by atoms with Crippen molar-refractivity contribution in [3.63, 3.8) is 0 Å². The lowest BCUT2D eigenvalue weighted by Crippen LogP contribution is -2.47. The molecule has 0 radical (unpaired) electrons. The number of fused-ring (bicyclic) bond motifs is 1. The van der Waals surface area contributed by atoms with Crippen LogP contribution >= 0.6 is 0 Å². The Morgan fingerprint density at radius 2 is 2.05 bits per heavy atom. The molecule has 1 aromatic rings. The Morgan fingerprint density at radius 1 is 1.36 bits per heavy atom. The maximum absolute atomic E-state index is 12.4. The number of benzene rings is 1. The normalized spacial score (nSPS) is 18.2. The molecule has 0 saturated carbocycles. The number of anilines is 1. The van der Waals surface area contributed by atoms with Gasteiger partial charge in [-0.15, -0.1) is 0 Å². The highest BCUT2D eigenvalue weighted by molar-refractivity contribution is 6.40. The van der Waals surface area contributed by atoms with Gasteiger partial charge in [0.25, 0.3) is 0 Å². The van der Waals surface area contributed by atoms with Crippen LogP contribution < -0.4 is 10.2 Å². The highest BCUT2D eigenvalue weighted by Gasteiger charge is 2.33. The van der Waals surface area contributed by atoms with Gasteiger partial charge in [-0.05, 0) is 24.0 Å². The van der Waals surface area contributed by atoms with Crippen molar-refractivity contribution >= 4 is 17.5 Å². The monoisotopic (exact) mass is 304 g/mol. The molecule has 1 aromatic carbocycles. The molecule has 22 heavy (non-hydrogen) atoms. The summed E-state index contributed by atoms with van der Waals surface area (Å²) in [6.45, 7) is 6.41. The molecule has 5 heteroatoms. The van der Waals surface area contributed by atoms with Gasteiger partial charge >= 0.3 is 11.8 Å². The topological polar surface area (TPSA) is 69.6 Å². The van der Waals surface area contributed by atoms with Gasteiger partial charge in [0.2, 0.25) is 0 Å². The fraction of sp³-hybridized carbons (Fsp3) is 0.529. The van der Waals surface area contributed by atoms with E-state index in [1.165, 1.54) is 4.90 Å². The number of nitrogens with one attached hydrogen (secondary N) is 1. The Bertz CT molecular complexity index is 557. The molecular formula is C17H24N2O3. The third-order valence-corrected chi connectivity index (χ3v) is 3.97. The average molecular weight is 304 g/mol. The predicted octanol–water partition coefficient (Wildman–Crippen LogP) is 1.66. The van der Waals surface area contributed by atoms with Crippen LogP contribution in [-0.4, -0.2) is 36.1 Å². The molecule has 2 unspecified atom stereocenters. The summed E-state index contributed by atoms with van der Waals surface area (Å²) in [6.07, 6.45) is 0.641. The van der Waals surface area contributed by atoms with Gasteiger partial charge in [0.15, 0.2) is 0 Å². The van der Waals surface area contributed by atoms with Crippen LogP contribution in [0.25, 0.3) is 0 Å². The molecule has 1 heterocycles. The molecule has 0 aromatic heterocycles. The third kappa shape index (κ3) is 3.47. The van der Waals surface area contributed by atoms with Crippen molar-refractivity contribution in [3.05, 3.63) is 29.8 Å². The molecule has 0 fully saturated rings. The predicted molar refractivity (Wildman–Crippen MR) is 85.7 cm³/mol. The van der Waals surface area contributed by atoms with Crippen molar-refractivity contribution < 1.29 is 14.7 Å². The van der Waals surface area contributed by atoms with Crippen molar-refractivity contribution in [2.75, 3.05) is 18.1 Å². The number of carbonyl (C=O) groups excluding carboxylic acids is 2. The number of nitrogens with zero attached hydrogens (tertiary/aromatic N) is 1. The first kappa shape index (κ1) is 16.5. The van der Waals surface area contributed by atoms with Crippen LogP contribution in [0.2, 0.25) is 0 Å². The summed E-state index contributed by atoms with van der Waals surface area (Å²) in [7, 11) is 0. The minimum atomic E-state index is -0.649. The summed E-state index contributed by atoms with van der Waals surface area (Å²) in [5.74, 6) is -0.653. The Balaban J connectivity index is 2.07. The second-order valence-electron chi connectivity index (χ2n) is 6.36. The van der Waals surface area contributed by atoms with Crippen molar-refractivity contribution in [2.24, 2.45) is 5.92 Å². The molecule has 0 aliphatic carbocycles. The van der Waals surface area contributed by atoms with Crippen LogP contribution in [0, 0.1) is 5.92 Å². The van der Waals surface area contributed by atoms with E-state index < -0.39 is 11.8 Å². The van der Waals surface area contributed by atoms with Gasteiger partial charge in [0.05, 0.1) is 12.6 Å². The van der Waals surface area contributed by atoms with E-state index in [0.29, 0.717) is 18.9 Å². The minimum Gasteiger partial charge on any atom is -0.394 e. The highest BCUT2D eigenvalue weighted by Crippen LogP contribution is 2.35. The first-order chi connectivity index (χ1) is 10.4. The van der Waals surface area contributed by atoms with Gasteiger partial charge in [-0.3, -0.25) is 9.59 Å². The molecule has 2 N–H and O–H groups in total. The highest BCUT2D eigenvalue weighted by atomic mass is 16.3. The van der Waals surface area contributed by atoms with Crippen LogP contribution in [0.3, 0.4) is 0 Å². The van der Waals surface area contributed by atoms with Crippen LogP contribution in [0.15, 0.2) is 24.3 Å². The second kappa shape index (κ2) is 6.92. The van der Waals surface area contributed by atoms with Crippen LogP contribution in [0.1, 0.15) is 38.7 Å². The number of aliphatic hydroxyl groups is 1. The Labute approximate surface area is 131 Å². The molecule has 1 aliphatic rings. The van der Waals surface area contributed by atoms with Crippen molar-refractivity contribution in [1.29, 1.82) is 0 Å². The Morgan fingerprint density at radius 3 is 2.68 bits per heavy atom. The molecule has 1 aliphatic heterocycles. The summed E-state index contributed by atoms with van der Waals surface area (Å²) in [6, 6.07) is 7.27. The van der Waals surface area contributed by atoms with E-state index >= 15 is 0 Å². The van der Waals surface area contributed by atoms with Crippen LogP contribution in [0.4, 0.5) is 5.69 Å². The summed E-state index contributed by atoms with van der Waals surface area (Å²) in [5, 5.41) is 12.0. The standard InChI is InChI=1S/C17H24N2O3/c1-11(2)8-13(10-20)18-16(21)17(22)19-9-12(3)14-6-4-5-7-15(14)19/h4-7,11-13,20H,8-10H2,1-3H3,(H,18,21).